The lowest BCUT2D eigenvalue weighted by molar-refractivity contribution is -0.120. The maximum absolute atomic E-state index is 12.8. The van der Waals surface area contributed by atoms with E-state index in [0.717, 1.165) is 43.9 Å². The van der Waals surface area contributed by atoms with E-state index < -0.39 is 5.54 Å². The smallest absolute Gasteiger partial charge is 0.250 e. The average Bonchev–Trinajstić information content (AvgIpc) is 3.33. The van der Waals surface area contributed by atoms with Crippen LogP contribution in [0.3, 0.4) is 0 Å². The van der Waals surface area contributed by atoms with Crippen molar-refractivity contribution < 1.29 is 11.0 Å². The Morgan fingerprint density at radius 3 is 2.72 bits per heavy atom. The topological polar surface area (TPSA) is 122 Å². The first kappa shape index (κ1) is 20.5. The summed E-state index contributed by atoms with van der Waals surface area (Å²) in [5, 5.41) is 9.64. The third kappa shape index (κ3) is 3.60. The van der Waals surface area contributed by atoms with E-state index in [0.29, 0.717) is 34.8 Å². The van der Waals surface area contributed by atoms with E-state index in [1.54, 1.807) is 6.20 Å². The average molecular weight is 437 g/mol. The summed E-state index contributed by atoms with van der Waals surface area (Å²) in [4.78, 5) is 33.2. The van der Waals surface area contributed by atoms with Crippen LogP contribution in [0.1, 0.15) is 33.8 Å². The van der Waals surface area contributed by atoms with Crippen molar-refractivity contribution in [3.8, 4) is 22.8 Å². The van der Waals surface area contributed by atoms with Crippen molar-refractivity contribution in [2.75, 3.05) is 30.0 Å². The fraction of sp³-hybridized carbons (Fsp3) is 0.455. The number of hydrogen-bond donors (Lipinski definition) is 2. The molecule has 0 aliphatic carbocycles. The first-order valence-corrected chi connectivity index (χ1v) is 10.8. The summed E-state index contributed by atoms with van der Waals surface area (Å²) in [6.07, 6.45) is 5.09. The molecule has 32 heavy (non-hydrogen) atoms. The van der Waals surface area contributed by atoms with Crippen LogP contribution in [0.5, 0.6) is 0 Å². The standard InChI is InChI=1S/C22H26N8O2.H2/c1-13-15(4-5-16(26-13)18-24-12-25-29-18)17-10-23-19-20(27-17)30(22(2,3)21(31)28-19)11-14-6-8-32-9-7-14;/h4-5,10,12,14H,6-9,11H2,1-3H3,(H,23,28,31)(H,24,25,29);1H. The number of carbonyl (C=O) groups excluding carboxylic acids is 1. The number of nitrogens with one attached hydrogen (secondary N) is 2. The van der Waals surface area contributed by atoms with Gasteiger partial charge in [-0.3, -0.25) is 9.89 Å². The highest BCUT2D eigenvalue weighted by Gasteiger charge is 2.42. The Labute approximate surface area is 187 Å². The van der Waals surface area contributed by atoms with Crippen LogP contribution < -0.4 is 10.2 Å². The number of H-pyrrole nitrogens is 1. The molecule has 1 saturated heterocycles. The fourth-order valence-electron chi connectivity index (χ4n) is 4.23. The number of hydrogen-bond acceptors (Lipinski definition) is 8. The van der Waals surface area contributed by atoms with Crippen molar-refractivity contribution in [3.63, 3.8) is 0 Å². The van der Waals surface area contributed by atoms with Gasteiger partial charge in [0.2, 0.25) is 0 Å². The molecule has 2 aliphatic rings. The second-order valence-electron chi connectivity index (χ2n) is 8.77. The normalized spacial score (nSPS) is 18.3. The molecule has 0 aromatic carbocycles. The summed E-state index contributed by atoms with van der Waals surface area (Å²) in [6, 6.07) is 3.85. The molecular weight excluding hydrogens is 408 g/mol. The third-order valence-corrected chi connectivity index (χ3v) is 6.27. The molecule has 3 aromatic heterocycles. The molecule has 0 atom stereocenters. The highest BCUT2D eigenvalue weighted by molar-refractivity contribution is 6.04. The number of nitrogens with zero attached hydrogens (tertiary/aromatic N) is 6. The summed E-state index contributed by atoms with van der Waals surface area (Å²) in [7, 11) is 0. The predicted molar refractivity (Wildman–Crippen MR) is 121 cm³/mol. The molecule has 2 N–H and O–H groups in total. The van der Waals surface area contributed by atoms with Crippen LogP contribution >= 0.6 is 0 Å². The molecule has 1 fully saturated rings. The first-order valence-electron chi connectivity index (χ1n) is 10.8. The van der Waals surface area contributed by atoms with Crippen molar-refractivity contribution in [2.24, 2.45) is 5.92 Å². The molecular formula is C22H28N8O2. The largest absolute Gasteiger partial charge is 0.381 e. The molecule has 5 rings (SSSR count). The van der Waals surface area contributed by atoms with Gasteiger partial charge in [0.25, 0.3) is 5.91 Å². The van der Waals surface area contributed by atoms with E-state index >= 15 is 0 Å². The Hall–Kier alpha value is -3.40. The lowest BCUT2D eigenvalue weighted by Gasteiger charge is -2.44. The van der Waals surface area contributed by atoms with Gasteiger partial charge >= 0.3 is 0 Å². The molecule has 5 heterocycles. The molecule has 0 radical (unpaired) electrons. The Bertz CT molecular complexity index is 1150. The number of rotatable bonds is 4. The van der Waals surface area contributed by atoms with Crippen molar-refractivity contribution in [1.82, 2.24) is 30.1 Å². The molecule has 0 bridgehead atoms. The number of amides is 1. The number of fused-ring (bicyclic) bond motifs is 1. The second kappa shape index (κ2) is 7.94. The summed E-state index contributed by atoms with van der Waals surface area (Å²) in [6.45, 7) is 8.03. The maximum Gasteiger partial charge on any atom is 0.250 e. The van der Waals surface area contributed by atoms with Gasteiger partial charge in [-0.2, -0.15) is 5.10 Å². The highest BCUT2D eigenvalue weighted by atomic mass is 16.5. The van der Waals surface area contributed by atoms with Crippen molar-refractivity contribution in [1.29, 1.82) is 0 Å². The SMILES string of the molecule is Cc1nc(-c2ncn[nH]2)ccc1-c1cnc2c(n1)N(CC1CCOCC1)C(C)(C)C(=O)N2.[HH]. The number of carbonyl (C=O) groups is 1. The number of aromatic amines is 1. The van der Waals surface area contributed by atoms with Crippen LogP contribution in [-0.4, -0.2) is 61.3 Å². The molecule has 0 unspecified atom stereocenters. The van der Waals surface area contributed by atoms with Crippen molar-refractivity contribution >= 4 is 17.5 Å². The third-order valence-electron chi connectivity index (χ3n) is 6.27. The Morgan fingerprint density at radius 2 is 2.00 bits per heavy atom. The van der Waals surface area contributed by atoms with Gasteiger partial charge in [0.15, 0.2) is 17.5 Å². The molecule has 10 heteroatoms. The monoisotopic (exact) mass is 436 g/mol. The lowest BCUT2D eigenvalue weighted by Crippen LogP contribution is -2.58. The van der Waals surface area contributed by atoms with Crippen LogP contribution in [0.4, 0.5) is 11.6 Å². The van der Waals surface area contributed by atoms with Crippen LogP contribution in [0, 0.1) is 12.8 Å². The van der Waals surface area contributed by atoms with Crippen molar-refractivity contribution in [2.45, 2.75) is 39.2 Å². The predicted octanol–water partition coefficient (Wildman–Crippen LogP) is 2.84. The minimum atomic E-state index is -0.734. The molecule has 0 spiro atoms. The second-order valence-corrected chi connectivity index (χ2v) is 8.77. The summed E-state index contributed by atoms with van der Waals surface area (Å²) in [5.41, 5.74) is 2.38. The minimum absolute atomic E-state index is 0. The van der Waals surface area contributed by atoms with E-state index in [4.69, 9.17) is 9.72 Å². The zero-order chi connectivity index (χ0) is 22.3. The van der Waals surface area contributed by atoms with E-state index in [2.05, 4.69) is 35.4 Å². The van der Waals surface area contributed by atoms with Gasteiger partial charge in [-0.15, -0.1) is 0 Å². The number of anilines is 2. The Balaban J connectivity index is 0.00000259. The van der Waals surface area contributed by atoms with Gasteiger partial charge in [-0.1, -0.05) is 0 Å². The van der Waals surface area contributed by atoms with Gasteiger partial charge in [0.1, 0.15) is 17.6 Å². The highest BCUT2D eigenvalue weighted by Crippen LogP contribution is 2.37. The summed E-state index contributed by atoms with van der Waals surface area (Å²) < 4.78 is 5.51. The molecule has 0 saturated carbocycles. The van der Waals surface area contributed by atoms with Gasteiger partial charge < -0.3 is 15.0 Å². The molecule has 3 aromatic rings. The number of aryl methyl sites for hydroxylation is 1. The van der Waals surface area contributed by atoms with Crippen LogP contribution in [0.25, 0.3) is 22.8 Å². The van der Waals surface area contributed by atoms with Crippen LogP contribution in [0.15, 0.2) is 24.7 Å². The summed E-state index contributed by atoms with van der Waals surface area (Å²) in [5.74, 6) is 2.17. The Kier molecular flexibility index (Phi) is 5.09. The minimum Gasteiger partial charge on any atom is -0.381 e. The number of aromatic nitrogens is 6. The van der Waals surface area contributed by atoms with Gasteiger partial charge in [-0.05, 0) is 51.7 Å². The number of pyridine rings is 1. The van der Waals surface area contributed by atoms with Crippen LogP contribution in [0.2, 0.25) is 0 Å². The zero-order valence-corrected chi connectivity index (χ0v) is 18.4. The lowest BCUT2D eigenvalue weighted by atomic mass is 9.93. The fourth-order valence-corrected chi connectivity index (χ4v) is 4.23. The molecule has 10 nitrogen and oxygen atoms in total. The van der Waals surface area contributed by atoms with E-state index in [9.17, 15) is 4.79 Å². The van der Waals surface area contributed by atoms with Crippen molar-refractivity contribution in [3.05, 3.63) is 30.4 Å². The quantitative estimate of drug-likeness (QED) is 0.640. The van der Waals surface area contributed by atoms with Gasteiger partial charge in [0.05, 0.1) is 11.9 Å². The van der Waals surface area contributed by atoms with Gasteiger partial charge in [0, 0.05) is 32.4 Å². The molecule has 168 valence electrons. The van der Waals surface area contributed by atoms with E-state index in [1.165, 1.54) is 6.33 Å². The Morgan fingerprint density at radius 1 is 1.19 bits per heavy atom. The van der Waals surface area contributed by atoms with Crippen LogP contribution in [-0.2, 0) is 9.53 Å². The van der Waals surface area contributed by atoms with E-state index in [-0.39, 0.29) is 7.33 Å². The summed E-state index contributed by atoms with van der Waals surface area (Å²) >= 11 is 0. The molecule has 2 aliphatic heterocycles. The maximum atomic E-state index is 12.8. The van der Waals surface area contributed by atoms with Gasteiger partial charge in [-0.25, -0.2) is 19.9 Å². The van der Waals surface area contributed by atoms with E-state index in [1.807, 2.05) is 32.9 Å². The zero-order valence-electron chi connectivity index (χ0n) is 18.4. The molecule has 1 amide bonds. The number of ether oxygens (including phenoxy) is 1. The first-order chi connectivity index (χ1) is 15.4.